The van der Waals surface area contributed by atoms with E-state index in [9.17, 15) is 0 Å². The number of ether oxygens (including phenoxy) is 1. The van der Waals surface area contributed by atoms with E-state index in [-0.39, 0.29) is 0 Å². The highest BCUT2D eigenvalue weighted by atomic mass is 32.1. The number of nitrogens with zero attached hydrogens (tertiary/aromatic N) is 3. The van der Waals surface area contributed by atoms with Crippen LogP contribution in [-0.4, -0.2) is 62.3 Å². The number of hydrogen-bond acceptors (Lipinski definition) is 5. The second kappa shape index (κ2) is 10.4. The van der Waals surface area contributed by atoms with Gasteiger partial charge in [-0.15, -0.1) is 11.3 Å². The number of nitrogens with one attached hydrogen (secondary N) is 2. The summed E-state index contributed by atoms with van der Waals surface area (Å²) in [6.07, 6.45) is 2.84. The van der Waals surface area contributed by atoms with Gasteiger partial charge in [-0.05, 0) is 12.5 Å². The Morgan fingerprint density at radius 1 is 1.26 bits per heavy atom. The number of aliphatic imine (C=N–C) groups is 1. The lowest BCUT2D eigenvalue weighted by Crippen LogP contribution is -2.46. The lowest BCUT2D eigenvalue weighted by atomic mass is 10.0. The van der Waals surface area contributed by atoms with Crippen LogP contribution in [0.2, 0.25) is 0 Å². The van der Waals surface area contributed by atoms with Crippen molar-refractivity contribution < 1.29 is 4.74 Å². The Labute approximate surface area is 165 Å². The van der Waals surface area contributed by atoms with Gasteiger partial charge in [-0.3, -0.25) is 9.89 Å². The summed E-state index contributed by atoms with van der Waals surface area (Å²) >= 11 is 1.75. The third-order valence-corrected chi connectivity index (χ3v) is 5.63. The predicted molar refractivity (Wildman–Crippen MR) is 111 cm³/mol. The van der Waals surface area contributed by atoms with Crippen LogP contribution >= 0.6 is 11.3 Å². The van der Waals surface area contributed by atoms with Crippen molar-refractivity contribution in [3.8, 4) is 0 Å². The van der Waals surface area contributed by atoms with Crippen molar-refractivity contribution in [1.29, 1.82) is 0 Å². The molecule has 0 radical (unpaired) electrons. The van der Waals surface area contributed by atoms with Gasteiger partial charge in [-0.2, -0.15) is 0 Å². The zero-order chi connectivity index (χ0) is 18.9. The molecule has 2 N–H and O–H groups in total. The van der Waals surface area contributed by atoms with Crippen LogP contribution < -0.4 is 10.6 Å². The standard InChI is InChI=1S/C20H29N5OS/c1-16-14-23-19(27-16)8-9-22-20(21-2)24-15-18(17-6-4-3-5-7-17)25-10-12-26-13-11-25/h3-7,14,18H,8-13,15H2,1-2H3,(H2,21,22,24). The van der Waals surface area contributed by atoms with Crippen LogP contribution in [0, 0.1) is 6.92 Å². The Hall–Kier alpha value is -1.96. The summed E-state index contributed by atoms with van der Waals surface area (Å²) in [6, 6.07) is 11.0. The number of benzene rings is 1. The van der Waals surface area contributed by atoms with Crippen molar-refractivity contribution in [2.75, 3.05) is 46.4 Å². The van der Waals surface area contributed by atoms with Gasteiger partial charge < -0.3 is 15.4 Å². The quantitative estimate of drug-likeness (QED) is 0.564. The van der Waals surface area contributed by atoms with Crippen LogP contribution in [0.3, 0.4) is 0 Å². The number of morpholine rings is 1. The van der Waals surface area contributed by atoms with Crippen molar-refractivity contribution in [1.82, 2.24) is 20.5 Å². The van der Waals surface area contributed by atoms with Gasteiger partial charge >= 0.3 is 0 Å². The summed E-state index contributed by atoms with van der Waals surface area (Å²) in [5, 5.41) is 8.05. The fourth-order valence-electron chi connectivity index (χ4n) is 3.24. The van der Waals surface area contributed by atoms with Crippen LogP contribution in [0.4, 0.5) is 0 Å². The molecule has 7 heteroatoms. The number of aryl methyl sites for hydroxylation is 1. The molecule has 1 saturated heterocycles. The van der Waals surface area contributed by atoms with E-state index in [2.05, 4.69) is 62.8 Å². The van der Waals surface area contributed by atoms with E-state index in [4.69, 9.17) is 4.74 Å². The number of rotatable bonds is 7. The SMILES string of the molecule is CN=C(NCCc1ncc(C)s1)NCC(c1ccccc1)N1CCOCC1. The zero-order valence-corrected chi connectivity index (χ0v) is 17.0. The van der Waals surface area contributed by atoms with Gasteiger partial charge in [0.05, 0.1) is 24.3 Å². The third kappa shape index (κ3) is 6.02. The first-order valence-electron chi connectivity index (χ1n) is 9.49. The topological polar surface area (TPSA) is 61.8 Å². The van der Waals surface area contributed by atoms with Gasteiger partial charge in [-0.25, -0.2) is 4.98 Å². The number of aromatic nitrogens is 1. The molecule has 0 amide bonds. The molecule has 1 aromatic carbocycles. The normalized spacial score (nSPS) is 16.9. The largest absolute Gasteiger partial charge is 0.379 e. The molecule has 1 aromatic heterocycles. The lowest BCUT2D eigenvalue weighted by molar-refractivity contribution is 0.0170. The molecule has 1 aliphatic rings. The maximum atomic E-state index is 5.53. The minimum Gasteiger partial charge on any atom is -0.379 e. The lowest BCUT2D eigenvalue weighted by Gasteiger charge is -2.35. The van der Waals surface area contributed by atoms with E-state index in [1.165, 1.54) is 10.4 Å². The molecule has 1 fully saturated rings. The molecule has 0 bridgehead atoms. The van der Waals surface area contributed by atoms with Crippen LogP contribution in [-0.2, 0) is 11.2 Å². The maximum absolute atomic E-state index is 5.53. The molecule has 146 valence electrons. The van der Waals surface area contributed by atoms with Gasteiger partial charge in [0, 0.05) is 50.7 Å². The zero-order valence-electron chi connectivity index (χ0n) is 16.1. The van der Waals surface area contributed by atoms with Crippen LogP contribution in [0.1, 0.15) is 21.5 Å². The first kappa shape index (κ1) is 19.8. The molecule has 6 nitrogen and oxygen atoms in total. The molecule has 0 spiro atoms. The second-order valence-corrected chi connectivity index (χ2v) is 7.89. The summed E-state index contributed by atoms with van der Waals surface area (Å²) in [5.74, 6) is 0.831. The highest BCUT2D eigenvalue weighted by molar-refractivity contribution is 7.11. The summed E-state index contributed by atoms with van der Waals surface area (Å²) in [4.78, 5) is 12.5. The summed E-state index contributed by atoms with van der Waals surface area (Å²) < 4.78 is 5.53. The molecule has 1 aliphatic heterocycles. The molecule has 1 unspecified atom stereocenters. The van der Waals surface area contributed by atoms with Gasteiger partial charge in [0.1, 0.15) is 0 Å². The van der Waals surface area contributed by atoms with Crippen molar-refractivity contribution in [2.45, 2.75) is 19.4 Å². The summed E-state index contributed by atoms with van der Waals surface area (Å²) in [7, 11) is 1.81. The predicted octanol–water partition coefficient (Wildman–Crippen LogP) is 2.23. The average Bonchev–Trinajstić information content (AvgIpc) is 3.13. The summed E-state index contributed by atoms with van der Waals surface area (Å²) in [6.45, 7) is 7.21. The molecule has 27 heavy (non-hydrogen) atoms. The van der Waals surface area contributed by atoms with E-state index in [1.54, 1.807) is 11.3 Å². The Morgan fingerprint density at radius 3 is 2.70 bits per heavy atom. The van der Waals surface area contributed by atoms with Gasteiger partial charge in [0.2, 0.25) is 0 Å². The highest BCUT2D eigenvalue weighted by Crippen LogP contribution is 2.21. The molecular formula is C20H29N5OS. The summed E-state index contributed by atoms with van der Waals surface area (Å²) in [5.41, 5.74) is 1.32. The highest BCUT2D eigenvalue weighted by Gasteiger charge is 2.22. The average molecular weight is 388 g/mol. The second-order valence-electron chi connectivity index (χ2n) is 6.57. The monoisotopic (exact) mass is 387 g/mol. The van der Waals surface area contributed by atoms with Gasteiger partial charge in [0.15, 0.2) is 5.96 Å². The van der Waals surface area contributed by atoms with Gasteiger partial charge in [0.25, 0.3) is 0 Å². The molecule has 3 rings (SSSR count). The molecule has 2 aromatic rings. The Bertz CT molecular complexity index is 712. The fraction of sp³-hybridized carbons (Fsp3) is 0.500. The van der Waals surface area contributed by atoms with E-state index in [0.717, 1.165) is 56.8 Å². The van der Waals surface area contributed by atoms with Crippen LogP contribution in [0.25, 0.3) is 0 Å². The van der Waals surface area contributed by atoms with Crippen molar-refractivity contribution in [3.63, 3.8) is 0 Å². The van der Waals surface area contributed by atoms with Gasteiger partial charge in [-0.1, -0.05) is 30.3 Å². The Kier molecular flexibility index (Phi) is 7.62. The minimum atomic E-state index is 0.301. The van der Waals surface area contributed by atoms with E-state index >= 15 is 0 Å². The van der Waals surface area contributed by atoms with Crippen LogP contribution in [0.5, 0.6) is 0 Å². The van der Waals surface area contributed by atoms with E-state index in [1.807, 2.05) is 13.2 Å². The number of hydrogen-bond donors (Lipinski definition) is 2. The third-order valence-electron chi connectivity index (χ3n) is 4.66. The Balaban J connectivity index is 1.54. The smallest absolute Gasteiger partial charge is 0.191 e. The first-order valence-corrected chi connectivity index (χ1v) is 10.3. The molecule has 0 aliphatic carbocycles. The Morgan fingerprint density at radius 2 is 2.04 bits per heavy atom. The maximum Gasteiger partial charge on any atom is 0.191 e. The molecule has 1 atom stereocenters. The minimum absolute atomic E-state index is 0.301. The number of guanidine groups is 1. The van der Waals surface area contributed by atoms with E-state index in [0.29, 0.717) is 6.04 Å². The molecule has 2 heterocycles. The van der Waals surface area contributed by atoms with Crippen molar-refractivity contribution in [2.24, 2.45) is 4.99 Å². The van der Waals surface area contributed by atoms with Crippen molar-refractivity contribution in [3.05, 3.63) is 52.0 Å². The molecular weight excluding hydrogens is 358 g/mol. The van der Waals surface area contributed by atoms with E-state index < -0.39 is 0 Å². The fourth-order valence-corrected chi connectivity index (χ4v) is 4.03. The molecule has 0 saturated carbocycles. The van der Waals surface area contributed by atoms with Crippen molar-refractivity contribution >= 4 is 17.3 Å². The number of thiazole rings is 1. The first-order chi connectivity index (χ1) is 13.3. The van der Waals surface area contributed by atoms with Crippen LogP contribution in [0.15, 0.2) is 41.5 Å².